The summed E-state index contributed by atoms with van der Waals surface area (Å²) < 4.78 is 4.58. The molecule has 5 nitrogen and oxygen atoms in total. The fraction of sp³-hybridized carbons (Fsp3) is 0.129. The summed E-state index contributed by atoms with van der Waals surface area (Å²) in [5, 5.41) is 17.0. The second-order valence-corrected chi connectivity index (χ2v) is 19.9. The van der Waals surface area contributed by atoms with Crippen molar-refractivity contribution in [2.45, 2.75) is 52.4 Å². The Labute approximate surface area is 411 Å². The molecule has 0 unspecified atom stereocenters. The summed E-state index contributed by atoms with van der Waals surface area (Å²) in [5.41, 5.74) is 16.8. The first kappa shape index (κ1) is 43.3. The second kappa shape index (κ2) is 16.2. The van der Waals surface area contributed by atoms with Gasteiger partial charge in [-0.25, -0.2) is 4.98 Å². The molecule has 8 aromatic carbocycles. The molecule has 0 aliphatic rings. The van der Waals surface area contributed by atoms with Crippen LogP contribution >= 0.6 is 0 Å². The summed E-state index contributed by atoms with van der Waals surface area (Å²) in [6.07, 6.45) is 1.89. The smallest absolute Gasteiger partial charge is 0.148 e. The number of phenolic OH excluding ortho intramolecular Hbond substituents is 1. The molecule has 4 heterocycles. The molecule has 0 saturated carbocycles. The van der Waals surface area contributed by atoms with Crippen LogP contribution in [-0.4, -0.2) is 24.0 Å². The van der Waals surface area contributed by atoms with E-state index in [0.29, 0.717) is 11.4 Å². The summed E-state index contributed by atoms with van der Waals surface area (Å²) in [7, 11) is 0. The Balaban J connectivity index is 0.00000507. The van der Waals surface area contributed by atoms with Crippen LogP contribution in [0.3, 0.4) is 0 Å². The van der Waals surface area contributed by atoms with E-state index >= 15 is 0 Å². The van der Waals surface area contributed by atoms with Gasteiger partial charge in [-0.1, -0.05) is 174 Å². The number of fused-ring (bicyclic) bond motifs is 7. The van der Waals surface area contributed by atoms with Crippen molar-refractivity contribution < 1.29 is 26.2 Å². The number of benzene rings is 8. The van der Waals surface area contributed by atoms with Crippen LogP contribution in [0.15, 0.2) is 182 Å². The van der Waals surface area contributed by atoms with E-state index < -0.39 is 0 Å². The number of hydrogen-bond donors (Lipinski definition) is 1. The molecular formula is C62H49N4OPt-. The number of pyridine rings is 1. The molecule has 0 fully saturated rings. The molecule has 12 rings (SSSR count). The third kappa shape index (κ3) is 6.94. The Morgan fingerprint density at radius 2 is 1.13 bits per heavy atom. The van der Waals surface area contributed by atoms with Crippen molar-refractivity contribution in [1.29, 1.82) is 0 Å². The van der Waals surface area contributed by atoms with Crippen LogP contribution in [0.1, 0.15) is 52.7 Å². The van der Waals surface area contributed by atoms with Gasteiger partial charge in [0, 0.05) is 54.7 Å². The molecular weight excluding hydrogens is 1010 g/mol. The molecule has 334 valence electrons. The van der Waals surface area contributed by atoms with Crippen molar-refractivity contribution in [3.8, 4) is 67.5 Å². The van der Waals surface area contributed by atoms with Gasteiger partial charge in [-0.3, -0.25) is 9.55 Å². The molecule has 68 heavy (non-hydrogen) atoms. The van der Waals surface area contributed by atoms with Gasteiger partial charge in [0.2, 0.25) is 0 Å². The van der Waals surface area contributed by atoms with Crippen molar-refractivity contribution in [3.63, 3.8) is 0 Å². The maximum Gasteiger partial charge on any atom is 0.148 e. The molecule has 0 aliphatic carbocycles. The van der Waals surface area contributed by atoms with Crippen LogP contribution in [0, 0.1) is 6.07 Å². The number of para-hydroxylation sites is 3. The minimum Gasteiger partial charge on any atom is -0.506 e. The van der Waals surface area contributed by atoms with Gasteiger partial charge in [0.25, 0.3) is 0 Å². The maximum absolute atomic E-state index is 13.0. The van der Waals surface area contributed by atoms with Crippen LogP contribution in [-0.2, 0) is 31.9 Å². The molecule has 4 aromatic heterocycles. The largest absolute Gasteiger partial charge is 0.506 e. The number of aromatic hydroxyl groups is 1. The molecule has 12 aromatic rings. The van der Waals surface area contributed by atoms with Gasteiger partial charge in [-0.15, -0.1) is 29.3 Å². The maximum atomic E-state index is 13.0. The topological polar surface area (TPSA) is 55.4 Å². The van der Waals surface area contributed by atoms with Gasteiger partial charge in [-0.2, -0.15) is 0 Å². The summed E-state index contributed by atoms with van der Waals surface area (Å²) in [5.74, 6) is 0.865. The summed E-state index contributed by atoms with van der Waals surface area (Å²) in [4.78, 5) is 10.7. The van der Waals surface area contributed by atoms with E-state index in [9.17, 15) is 5.11 Å². The summed E-state index contributed by atoms with van der Waals surface area (Å²) >= 11 is 0. The Hall–Kier alpha value is -7.33. The van der Waals surface area contributed by atoms with Crippen LogP contribution in [0.25, 0.3) is 111 Å². The summed E-state index contributed by atoms with van der Waals surface area (Å²) in [6.45, 7) is 13.5. The predicted octanol–water partition coefficient (Wildman–Crippen LogP) is 16.0. The number of imidazole rings is 1. The van der Waals surface area contributed by atoms with Crippen molar-refractivity contribution >= 4 is 49.1 Å². The molecule has 0 amide bonds. The van der Waals surface area contributed by atoms with E-state index in [1.54, 1.807) is 0 Å². The van der Waals surface area contributed by atoms with E-state index in [1.165, 1.54) is 11.1 Å². The molecule has 0 saturated heterocycles. The molecule has 0 atom stereocenters. The van der Waals surface area contributed by atoms with Crippen LogP contribution < -0.4 is 0 Å². The Bertz CT molecular complexity index is 3890. The molecule has 0 radical (unpaired) electrons. The average molecular weight is 1060 g/mol. The minimum atomic E-state index is -0.174. The molecule has 1 N–H and O–H groups in total. The Morgan fingerprint density at radius 1 is 0.500 bits per heavy atom. The molecule has 6 heteroatoms. The third-order valence-corrected chi connectivity index (χ3v) is 13.6. The Morgan fingerprint density at radius 3 is 1.85 bits per heavy atom. The number of aromatic nitrogens is 4. The SMILES string of the molecule is CC(C)(C)c1cc(-c2cc(-c3ccccc3)ccn2)[c-]c(-c2cccc3c2nc(-c2cc4c5ccccc5n5c6ccccc6c(c2O)c45)n3-c2ccc(C(C)(C)C)cc2-c2ccccc2)c1.[Pt]. The minimum absolute atomic E-state index is 0. The van der Waals surface area contributed by atoms with Crippen molar-refractivity contribution in [2.75, 3.05) is 0 Å². The van der Waals surface area contributed by atoms with E-state index in [0.717, 1.165) is 99.5 Å². The number of phenols is 1. The normalized spacial score (nSPS) is 12.2. The van der Waals surface area contributed by atoms with E-state index in [-0.39, 0.29) is 37.6 Å². The van der Waals surface area contributed by atoms with Gasteiger partial charge >= 0.3 is 0 Å². The van der Waals surface area contributed by atoms with Gasteiger partial charge in [0.05, 0.1) is 44.2 Å². The standard InChI is InChI=1S/C62H49N4O.Pt/c1-61(2,3)43-28-29-54(48(36-43)39-20-11-8-12-21-39)66-55-27-17-24-45(41-32-42(34-44(33-41)62(4,5)6)51-35-40(30-31-63-51)38-18-9-7-10-19-38)57(55)64-60(66)50-37-49-46-22-13-15-25-52(46)65-53-26-16-14-23-47(53)56(58(49)65)59(50)67;/h7-31,33-37,67H,1-6H3;/q-1;. The second-order valence-electron chi connectivity index (χ2n) is 19.9. The van der Waals surface area contributed by atoms with E-state index in [1.807, 2.05) is 12.3 Å². The van der Waals surface area contributed by atoms with E-state index in [4.69, 9.17) is 9.97 Å². The van der Waals surface area contributed by atoms with Crippen molar-refractivity contribution in [3.05, 3.63) is 199 Å². The van der Waals surface area contributed by atoms with Gasteiger partial charge in [-0.05, 0) is 75.5 Å². The predicted molar refractivity (Wildman–Crippen MR) is 279 cm³/mol. The fourth-order valence-corrected chi connectivity index (χ4v) is 10.1. The number of hydrogen-bond acceptors (Lipinski definition) is 3. The zero-order valence-electron chi connectivity index (χ0n) is 38.9. The van der Waals surface area contributed by atoms with Gasteiger partial charge in [0.15, 0.2) is 0 Å². The van der Waals surface area contributed by atoms with E-state index in [2.05, 4.69) is 226 Å². The van der Waals surface area contributed by atoms with Crippen LogP contribution in [0.4, 0.5) is 0 Å². The quantitative estimate of drug-likeness (QED) is 0.169. The van der Waals surface area contributed by atoms with Crippen LogP contribution in [0.2, 0.25) is 0 Å². The number of rotatable bonds is 6. The fourth-order valence-electron chi connectivity index (χ4n) is 10.1. The molecule has 0 spiro atoms. The monoisotopic (exact) mass is 1060 g/mol. The average Bonchev–Trinajstić information content (AvgIpc) is 4.01. The zero-order chi connectivity index (χ0) is 45.8. The Kier molecular flexibility index (Phi) is 10.3. The first-order chi connectivity index (χ1) is 32.4. The first-order valence-corrected chi connectivity index (χ1v) is 23.1. The van der Waals surface area contributed by atoms with Crippen molar-refractivity contribution in [1.82, 2.24) is 18.9 Å². The first-order valence-electron chi connectivity index (χ1n) is 23.1. The summed E-state index contributed by atoms with van der Waals surface area (Å²) in [6, 6.07) is 66.0. The van der Waals surface area contributed by atoms with Gasteiger partial charge in [0.1, 0.15) is 11.6 Å². The van der Waals surface area contributed by atoms with Crippen LogP contribution in [0.5, 0.6) is 5.75 Å². The van der Waals surface area contributed by atoms with Gasteiger partial charge < -0.3 is 9.51 Å². The molecule has 0 bridgehead atoms. The zero-order valence-corrected chi connectivity index (χ0v) is 41.1. The molecule has 0 aliphatic heterocycles. The third-order valence-electron chi connectivity index (χ3n) is 13.6. The van der Waals surface area contributed by atoms with Crippen molar-refractivity contribution in [2.24, 2.45) is 0 Å². The number of nitrogens with zero attached hydrogens (tertiary/aromatic N) is 4.